The molecule has 0 aliphatic rings. The summed E-state index contributed by atoms with van der Waals surface area (Å²) < 4.78 is 5.75. The smallest absolute Gasteiger partial charge is 0.324 e. The van der Waals surface area contributed by atoms with Gasteiger partial charge in [-0.05, 0) is 29.7 Å². The summed E-state index contributed by atoms with van der Waals surface area (Å²) in [4.78, 5) is 13.9. The van der Waals surface area contributed by atoms with Crippen LogP contribution in [0.5, 0.6) is 11.8 Å². The molecular weight excluding hydrogens is 388 g/mol. The van der Waals surface area contributed by atoms with Crippen molar-refractivity contribution in [2.75, 3.05) is 5.32 Å². The van der Waals surface area contributed by atoms with E-state index in [1.807, 2.05) is 56.3 Å². The predicted octanol–water partition coefficient (Wildman–Crippen LogP) is 4.06. The highest BCUT2D eigenvalue weighted by Gasteiger charge is 2.10. The first-order valence-electron chi connectivity index (χ1n) is 9.09. The van der Waals surface area contributed by atoms with Crippen LogP contribution in [0, 0.1) is 0 Å². The Morgan fingerprint density at radius 1 is 1.03 bits per heavy atom. The van der Waals surface area contributed by atoms with Gasteiger partial charge < -0.3 is 21.0 Å². The maximum Gasteiger partial charge on any atom is 0.324 e. The minimum atomic E-state index is 0. The number of thiol groups is 1. The molecule has 3 rings (SSSR count). The lowest BCUT2D eigenvalue weighted by Gasteiger charge is -2.12. The van der Waals surface area contributed by atoms with Gasteiger partial charge in [0.05, 0.1) is 11.9 Å². The van der Waals surface area contributed by atoms with Crippen LogP contribution < -0.4 is 10.1 Å². The van der Waals surface area contributed by atoms with Gasteiger partial charge in [-0.2, -0.15) is 9.97 Å². The van der Waals surface area contributed by atoms with Crippen LogP contribution in [0.2, 0.25) is 0 Å². The summed E-state index contributed by atoms with van der Waals surface area (Å²) in [5.41, 5.74) is 2.01. The Morgan fingerprint density at radius 2 is 1.76 bits per heavy atom. The SMILES string of the molecule is CC.CC(C)c1cc(NCc2ccccc2S)nc(Oc2cccnc2)n1.O.O. The molecule has 0 aliphatic carbocycles. The molecule has 0 radical (unpaired) electrons. The van der Waals surface area contributed by atoms with Gasteiger partial charge in [0.25, 0.3) is 0 Å². The predicted molar refractivity (Wildman–Crippen MR) is 120 cm³/mol. The lowest BCUT2D eigenvalue weighted by atomic mass is 10.1. The van der Waals surface area contributed by atoms with E-state index in [1.165, 1.54) is 0 Å². The second-order valence-electron chi connectivity index (χ2n) is 5.89. The van der Waals surface area contributed by atoms with Gasteiger partial charge in [0.1, 0.15) is 11.6 Å². The second kappa shape index (κ2) is 13.5. The third-order valence-electron chi connectivity index (χ3n) is 3.61. The number of benzene rings is 1. The number of rotatable bonds is 6. The molecule has 0 fully saturated rings. The molecule has 0 amide bonds. The summed E-state index contributed by atoms with van der Waals surface area (Å²) in [7, 11) is 0. The Hall–Kier alpha value is -2.68. The zero-order valence-electron chi connectivity index (χ0n) is 17.2. The number of nitrogens with zero attached hydrogens (tertiary/aromatic N) is 3. The molecule has 1 aromatic carbocycles. The monoisotopic (exact) mass is 418 g/mol. The van der Waals surface area contributed by atoms with Crippen LogP contribution in [-0.4, -0.2) is 25.9 Å². The van der Waals surface area contributed by atoms with Crippen molar-refractivity contribution in [3.05, 3.63) is 66.1 Å². The van der Waals surface area contributed by atoms with Gasteiger partial charge in [0.2, 0.25) is 0 Å². The fraction of sp³-hybridized carbons (Fsp3) is 0.286. The van der Waals surface area contributed by atoms with Gasteiger partial charge in [0, 0.05) is 23.7 Å². The van der Waals surface area contributed by atoms with Crippen molar-refractivity contribution in [3.63, 3.8) is 0 Å². The molecule has 5 N–H and O–H groups in total. The third kappa shape index (κ3) is 8.06. The van der Waals surface area contributed by atoms with Gasteiger partial charge in [-0.1, -0.05) is 45.9 Å². The minimum absolute atomic E-state index is 0. The molecule has 7 nitrogen and oxygen atoms in total. The van der Waals surface area contributed by atoms with E-state index in [4.69, 9.17) is 4.74 Å². The van der Waals surface area contributed by atoms with Gasteiger partial charge >= 0.3 is 6.01 Å². The van der Waals surface area contributed by atoms with E-state index in [1.54, 1.807) is 12.4 Å². The van der Waals surface area contributed by atoms with Gasteiger partial charge in [-0.3, -0.25) is 4.98 Å². The highest BCUT2D eigenvalue weighted by Crippen LogP contribution is 2.23. The lowest BCUT2D eigenvalue weighted by molar-refractivity contribution is 0.437. The topological polar surface area (TPSA) is 123 Å². The Balaban J connectivity index is 0.00000190. The van der Waals surface area contributed by atoms with E-state index in [2.05, 4.69) is 46.7 Å². The van der Waals surface area contributed by atoms with E-state index >= 15 is 0 Å². The standard InChI is InChI=1S/C19H20N4OS.C2H6.2H2O/c1-13(2)16-10-18(21-11-14-6-3-4-8-17(14)25)23-19(22-16)24-15-7-5-9-20-12-15;1-2;;/h3-10,12-13,25H,11H2,1-2H3,(H,21,22,23);1-2H3;2*1H2. The molecule has 0 atom stereocenters. The Bertz CT molecular complexity index is 848. The minimum Gasteiger partial charge on any atom is -0.423 e. The molecule has 0 aliphatic heterocycles. The zero-order valence-corrected chi connectivity index (χ0v) is 18.1. The zero-order chi connectivity index (χ0) is 19.6. The van der Waals surface area contributed by atoms with Crippen molar-refractivity contribution < 1.29 is 15.7 Å². The van der Waals surface area contributed by atoms with E-state index < -0.39 is 0 Å². The van der Waals surface area contributed by atoms with Crippen LogP contribution in [0.3, 0.4) is 0 Å². The van der Waals surface area contributed by atoms with Gasteiger partial charge in [-0.25, -0.2) is 0 Å². The van der Waals surface area contributed by atoms with Crippen LogP contribution in [-0.2, 0) is 6.54 Å². The average Bonchev–Trinajstić information content (AvgIpc) is 2.69. The Kier molecular flexibility index (Phi) is 12.2. The molecular formula is C21H30N4O3S. The van der Waals surface area contributed by atoms with Crippen LogP contribution in [0.25, 0.3) is 0 Å². The van der Waals surface area contributed by atoms with Crippen molar-refractivity contribution in [2.24, 2.45) is 0 Å². The molecule has 2 aromatic heterocycles. The molecule has 8 heteroatoms. The second-order valence-corrected chi connectivity index (χ2v) is 6.37. The molecule has 0 saturated heterocycles. The number of hydrogen-bond acceptors (Lipinski definition) is 6. The first kappa shape index (κ1) is 26.3. The number of anilines is 1. The summed E-state index contributed by atoms with van der Waals surface area (Å²) in [5.74, 6) is 1.58. The summed E-state index contributed by atoms with van der Waals surface area (Å²) in [6.45, 7) is 8.80. The largest absolute Gasteiger partial charge is 0.423 e. The van der Waals surface area contributed by atoms with Gasteiger partial charge in [0.15, 0.2) is 0 Å². The molecule has 3 aromatic rings. The number of ether oxygens (including phenoxy) is 1. The van der Waals surface area contributed by atoms with Crippen LogP contribution >= 0.6 is 12.6 Å². The molecule has 0 spiro atoms. The summed E-state index contributed by atoms with van der Waals surface area (Å²) in [6, 6.07) is 13.8. The summed E-state index contributed by atoms with van der Waals surface area (Å²) >= 11 is 4.48. The highest BCUT2D eigenvalue weighted by atomic mass is 32.1. The number of nitrogens with one attached hydrogen (secondary N) is 1. The van der Waals surface area contributed by atoms with Gasteiger partial charge in [-0.15, -0.1) is 12.6 Å². The number of aromatic nitrogens is 3. The van der Waals surface area contributed by atoms with Crippen molar-refractivity contribution >= 4 is 18.4 Å². The molecule has 0 unspecified atom stereocenters. The lowest BCUT2D eigenvalue weighted by Crippen LogP contribution is -2.06. The van der Waals surface area contributed by atoms with E-state index in [-0.39, 0.29) is 16.9 Å². The van der Waals surface area contributed by atoms with E-state index in [0.29, 0.717) is 24.1 Å². The molecule has 29 heavy (non-hydrogen) atoms. The first-order chi connectivity index (χ1) is 13.1. The maximum absolute atomic E-state index is 5.75. The van der Waals surface area contributed by atoms with E-state index in [0.717, 1.165) is 16.2 Å². The molecule has 0 saturated carbocycles. The van der Waals surface area contributed by atoms with Crippen LogP contribution in [0.1, 0.15) is 44.9 Å². The fourth-order valence-electron chi connectivity index (χ4n) is 2.23. The van der Waals surface area contributed by atoms with Crippen molar-refractivity contribution in [3.8, 4) is 11.8 Å². The number of pyridine rings is 1. The third-order valence-corrected chi connectivity index (χ3v) is 4.05. The summed E-state index contributed by atoms with van der Waals surface area (Å²) in [5, 5.41) is 3.33. The van der Waals surface area contributed by atoms with Crippen molar-refractivity contribution in [2.45, 2.75) is 45.1 Å². The molecule has 0 bridgehead atoms. The van der Waals surface area contributed by atoms with Crippen molar-refractivity contribution in [1.82, 2.24) is 15.0 Å². The quantitative estimate of drug-likeness (QED) is 0.584. The average molecular weight is 419 g/mol. The Morgan fingerprint density at radius 3 is 2.38 bits per heavy atom. The van der Waals surface area contributed by atoms with Crippen LogP contribution in [0.4, 0.5) is 5.82 Å². The van der Waals surface area contributed by atoms with E-state index in [9.17, 15) is 0 Å². The maximum atomic E-state index is 5.75. The van der Waals surface area contributed by atoms with Crippen molar-refractivity contribution in [1.29, 1.82) is 0 Å². The number of hydrogen-bond donors (Lipinski definition) is 2. The molecule has 158 valence electrons. The Labute approximate surface area is 177 Å². The summed E-state index contributed by atoms with van der Waals surface area (Å²) in [6.07, 6.45) is 3.33. The fourth-order valence-corrected chi connectivity index (χ4v) is 2.47. The molecule has 2 heterocycles. The normalized spacial score (nSPS) is 9.45. The van der Waals surface area contributed by atoms with Crippen LogP contribution in [0.15, 0.2) is 59.8 Å². The first-order valence-corrected chi connectivity index (χ1v) is 9.54. The highest BCUT2D eigenvalue weighted by molar-refractivity contribution is 7.80.